The molecule has 0 saturated carbocycles. The summed E-state index contributed by atoms with van der Waals surface area (Å²) in [5.74, 6) is 0. The van der Waals surface area contributed by atoms with Crippen LogP contribution < -0.4 is 0 Å². The van der Waals surface area contributed by atoms with Gasteiger partial charge >= 0.3 is 0 Å². The van der Waals surface area contributed by atoms with Gasteiger partial charge in [0, 0.05) is 40.3 Å². The van der Waals surface area contributed by atoms with Crippen molar-refractivity contribution < 1.29 is 13.6 Å². The van der Waals surface area contributed by atoms with Crippen LogP contribution in [-0.2, 0) is 13.6 Å². The average Bonchev–Trinajstić information content (AvgIpc) is 2.97. The van der Waals surface area contributed by atoms with Crippen LogP contribution in [0.2, 0.25) is 0 Å². The van der Waals surface area contributed by atoms with Crippen LogP contribution in [0.1, 0.15) is 11.7 Å². The number of hydrogen-bond acceptors (Lipinski definition) is 4. The maximum Gasteiger partial charge on any atom is 0.110 e. The first-order valence-corrected chi connectivity index (χ1v) is 7.36. The summed E-state index contributed by atoms with van der Waals surface area (Å²) >= 11 is 0. The first-order chi connectivity index (χ1) is 8.74. The highest BCUT2D eigenvalue weighted by atomic mass is 31.0. The lowest BCUT2D eigenvalue weighted by Gasteiger charge is -2.25. The molecular weight excluding hydrogens is 308 g/mol. The largest absolute Gasteiger partial charge is 0.364 e. The first kappa shape index (κ1) is 15.2. The monoisotopic (exact) mass is 326 g/mol. The second-order valence-electron chi connectivity index (χ2n) is 4.12. The van der Waals surface area contributed by atoms with Crippen LogP contribution in [0.3, 0.4) is 0 Å². The van der Waals surface area contributed by atoms with Crippen molar-refractivity contribution in [3.05, 3.63) is 24.0 Å². The van der Waals surface area contributed by atoms with E-state index in [9.17, 15) is 0 Å². The van der Waals surface area contributed by atoms with Crippen LogP contribution in [0.25, 0.3) is 0 Å². The van der Waals surface area contributed by atoms with Crippen LogP contribution in [0.5, 0.6) is 0 Å². The van der Waals surface area contributed by atoms with Crippen molar-refractivity contribution in [3.8, 4) is 0 Å². The van der Waals surface area contributed by atoms with Gasteiger partial charge in [-0.15, -0.1) is 0 Å². The molecule has 1 aromatic heterocycles. The number of H-pyrrole nitrogens is 1. The van der Waals surface area contributed by atoms with Crippen molar-refractivity contribution >= 4 is 37.8 Å². The van der Waals surface area contributed by atoms with Crippen LogP contribution in [0.4, 0.5) is 0 Å². The summed E-state index contributed by atoms with van der Waals surface area (Å²) < 4.78 is 18.4. The Morgan fingerprint density at radius 3 is 2.44 bits per heavy atom. The van der Waals surface area contributed by atoms with Gasteiger partial charge in [-0.3, -0.25) is 4.67 Å². The van der Waals surface area contributed by atoms with Gasteiger partial charge in [-0.2, -0.15) is 0 Å². The van der Waals surface area contributed by atoms with Crippen molar-refractivity contribution in [2.45, 2.75) is 24.3 Å². The van der Waals surface area contributed by atoms with E-state index in [1.54, 1.807) is 0 Å². The zero-order chi connectivity index (χ0) is 13.1. The highest BCUT2D eigenvalue weighted by Crippen LogP contribution is 2.43. The van der Waals surface area contributed by atoms with Gasteiger partial charge in [0.25, 0.3) is 0 Å². The molecule has 5 nitrogen and oxygen atoms in total. The summed E-state index contributed by atoms with van der Waals surface area (Å²) in [6.07, 6.45) is 1.73. The molecule has 1 saturated heterocycles. The Bertz CT molecular complexity index is 367. The number of nitrogens with one attached hydrogen (secondary N) is 1. The fourth-order valence-electron chi connectivity index (χ4n) is 2.41. The van der Waals surface area contributed by atoms with Gasteiger partial charge in [-0.25, -0.2) is 0 Å². The molecule has 102 valence electrons. The maximum absolute atomic E-state index is 5.54. The lowest BCUT2D eigenvalue weighted by atomic mass is 10.1. The van der Waals surface area contributed by atoms with Crippen molar-refractivity contribution in [2.24, 2.45) is 0 Å². The van der Waals surface area contributed by atoms with E-state index in [1.165, 1.54) is 0 Å². The number of aromatic amines is 1. The second-order valence-corrected chi connectivity index (χ2v) is 5.59. The summed E-state index contributed by atoms with van der Waals surface area (Å²) in [6.45, 7) is 0.551. The molecule has 1 fully saturated rings. The first-order valence-electron chi connectivity index (χ1n) is 5.43. The quantitative estimate of drug-likeness (QED) is 0.837. The highest BCUT2D eigenvalue weighted by molar-refractivity contribution is 7.13. The third-order valence-corrected chi connectivity index (χ3v) is 4.77. The van der Waals surface area contributed by atoms with E-state index in [-0.39, 0.29) is 24.3 Å². The van der Waals surface area contributed by atoms with E-state index in [1.807, 2.05) is 18.3 Å². The molecule has 0 radical (unpaired) electrons. The Labute approximate surface area is 116 Å². The third kappa shape index (κ3) is 2.80. The fraction of sp³-hybridized carbons (Fsp3) is 0.556. The molecule has 18 heavy (non-hydrogen) atoms. The van der Waals surface area contributed by atoms with Gasteiger partial charge < -0.3 is 18.6 Å². The van der Waals surface area contributed by atoms with Gasteiger partial charge in [0.05, 0.1) is 18.7 Å². The average molecular weight is 326 g/mol. The van der Waals surface area contributed by atoms with Gasteiger partial charge in [0.2, 0.25) is 0 Å². The Kier molecular flexibility index (Phi) is 5.94. The van der Waals surface area contributed by atoms with E-state index in [4.69, 9.17) is 13.6 Å². The van der Waals surface area contributed by atoms with E-state index in [2.05, 4.69) is 47.4 Å². The molecule has 1 N–H and O–H groups in total. The summed E-state index contributed by atoms with van der Waals surface area (Å²) in [4.78, 5) is 3.23. The molecule has 2 rings (SSSR count). The number of hydrogen-bond donors (Lipinski definition) is 1. The summed E-state index contributed by atoms with van der Waals surface area (Å²) in [5.41, 5.74) is 1.09. The zero-order valence-corrected chi connectivity index (χ0v) is 14.3. The molecular formula is C9H18N2O3P4. The Morgan fingerprint density at radius 2 is 1.94 bits per heavy atom. The summed E-state index contributed by atoms with van der Waals surface area (Å²) in [5, 5.41) is 0. The molecule has 0 amide bonds. The van der Waals surface area contributed by atoms with Crippen LogP contribution in [0, 0.1) is 0 Å². The SMILES string of the molecule is POC[C@@H]1[C@@H](OP)[C@@H](OP)[C@H](c2ccc[nH]2)N1P. The summed E-state index contributed by atoms with van der Waals surface area (Å²) in [6, 6.07) is 4.20. The zero-order valence-electron chi connectivity index (χ0n) is 9.73. The van der Waals surface area contributed by atoms with Gasteiger partial charge in [-0.1, -0.05) is 9.39 Å². The smallest absolute Gasteiger partial charge is 0.110 e. The minimum atomic E-state index is -0.0891. The van der Waals surface area contributed by atoms with Gasteiger partial charge in [0.1, 0.15) is 12.2 Å². The maximum atomic E-state index is 5.54. The third-order valence-electron chi connectivity index (χ3n) is 3.24. The lowest BCUT2D eigenvalue weighted by Crippen LogP contribution is -2.35. The molecule has 1 aromatic rings. The number of aromatic nitrogens is 1. The fourth-order valence-corrected chi connectivity index (χ4v) is 3.83. The van der Waals surface area contributed by atoms with E-state index < -0.39 is 0 Å². The van der Waals surface area contributed by atoms with Crippen LogP contribution in [0.15, 0.2) is 18.3 Å². The van der Waals surface area contributed by atoms with Crippen LogP contribution in [-0.4, -0.2) is 34.5 Å². The van der Waals surface area contributed by atoms with Crippen molar-refractivity contribution in [1.29, 1.82) is 0 Å². The van der Waals surface area contributed by atoms with E-state index in [0.717, 1.165) is 5.69 Å². The number of rotatable bonds is 5. The minimum Gasteiger partial charge on any atom is -0.364 e. The van der Waals surface area contributed by atoms with Crippen molar-refractivity contribution in [3.63, 3.8) is 0 Å². The molecule has 1 aliphatic rings. The second kappa shape index (κ2) is 7.02. The normalized spacial score (nSPS) is 33.1. The molecule has 4 unspecified atom stereocenters. The Hall–Kier alpha value is 0.840. The van der Waals surface area contributed by atoms with E-state index in [0.29, 0.717) is 6.61 Å². The topological polar surface area (TPSA) is 46.7 Å². The summed E-state index contributed by atoms with van der Waals surface area (Å²) in [7, 11) is 9.66. The van der Waals surface area contributed by atoms with Crippen LogP contribution >= 0.6 is 37.8 Å². The Balaban J connectivity index is 2.28. The predicted molar refractivity (Wildman–Crippen MR) is 83.7 cm³/mol. The molecule has 0 spiro atoms. The lowest BCUT2D eigenvalue weighted by molar-refractivity contribution is 0.0808. The molecule has 0 aliphatic carbocycles. The molecule has 0 bridgehead atoms. The molecule has 9 heteroatoms. The molecule has 2 heterocycles. The Morgan fingerprint density at radius 1 is 1.22 bits per heavy atom. The highest BCUT2D eigenvalue weighted by Gasteiger charge is 2.49. The molecule has 8 atom stereocenters. The van der Waals surface area contributed by atoms with Crippen molar-refractivity contribution in [1.82, 2.24) is 9.65 Å². The van der Waals surface area contributed by atoms with E-state index >= 15 is 0 Å². The minimum absolute atomic E-state index is 0.0817. The standard InChI is InChI=1S/C9H18N2O3P4/c15-11-6(4-12-16)8(13-17)9(14-18)7(11)5-2-1-3-10-5/h1-3,6-10H,4,15-18H2/t6-,7+,8-,9+/m1/s1. The number of nitrogens with zero attached hydrogens (tertiary/aromatic N) is 1. The molecule has 0 aromatic carbocycles. The van der Waals surface area contributed by atoms with Gasteiger partial charge in [-0.05, 0) is 12.1 Å². The molecule has 1 aliphatic heterocycles. The predicted octanol–water partition coefficient (Wildman–Crippen LogP) is 1.69. The van der Waals surface area contributed by atoms with Gasteiger partial charge in [0.15, 0.2) is 0 Å². The van der Waals surface area contributed by atoms with Crippen molar-refractivity contribution in [2.75, 3.05) is 6.61 Å².